The molecule has 1 aromatic heterocycles. The van der Waals surface area contributed by atoms with Crippen LogP contribution in [0.2, 0.25) is 0 Å². The Bertz CT molecular complexity index is 527. The van der Waals surface area contributed by atoms with Crippen molar-refractivity contribution >= 4 is 12.2 Å². The fraction of sp³-hybridized carbons (Fsp3) is 0.417. The van der Waals surface area contributed by atoms with Crippen LogP contribution in [0.25, 0.3) is 0 Å². The Morgan fingerprint density at radius 2 is 2.56 bits per heavy atom. The first-order valence-electron chi connectivity index (χ1n) is 5.68. The quantitative estimate of drug-likeness (QED) is 0.553. The van der Waals surface area contributed by atoms with Crippen LogP contribution in [0.15, 0.2) is 17.1 Å². The Balaban J connectivity index is 2.15. The van der Waals surface area contributed by atoms with Crippen LogP contribution in [0.5, 0.6) is 0 Å². The maximum Gasteiger partial charge on any atom is 0.152 e. The maximum absolute atomic E-state index is 9.00. The number of hydrogen-bond acceptors (Lipinski definition) is 3. The Kier molecular flexibility index (Phi) is 3.17. The van der Waals surface area contributed by atoms with Crippen LogP contribution in [0.3, 0.4) is 0 Å². The van der Waals surface area contributed by atoms with Crippen molar-refractivity contribution in [2.24, 2.45) is 10.7 Å². The first-order chi connectivity index (χ1) is 8.58. The molecule has 6 heteroatoms. The summed E-state index contributed by atoms with van der Waals surface area (Å²) in [5.74, 6) is 0.261. The highest BCUT2D eigenvalue weighted by atomic mass is 16.5. The zero-order chi connectivity index (χ0) is 13.2. The van der Waals surface area contributed by atoms with E-state index in [9.17, 15) is 0 Å². The van der Waals surface area contributed by atoms with E-state index in [4.69, 9.17) is 21.1 Å². The van der Waals surface area contributed by atoms with Gasteiger partial charge in [0.15, 0.2) is 5.60 Å². The number of hydrogen-bond donors (Lipinski definition) is 3. The lowest BCUT2D eigenvalue weighted by molar-refractivity contribution is 0.00725. The molecule has 0 bridgehead atoms. The van der Waals surface area contributed by atoms with Gasteiger partial charge in [0.2, 0.25) is 0 Å². The van der Waals surface area contributed by atoms with E-state index in [1.165, 1.54) is 0 Å². The fourth-order valence-electron chi connectivity index (χ4n) is 2.03. The zero-order valence-electron chi connectivity index (χ0n) is 10.1. The zero-order valence-corrected chi connectivity index (χ0v) is 10.1. The smallest absolute Gasteiger partial charge is 0.152 e. The summed E-state index contributed by atoms with van der Waals surface area (Å²) in [6, 6.07) is 5.84. The molecule has 0 radical (unpaired) electrons. The molecule has 4 N–H and O–H groups in total. The molecule has 1 aliphatic rings. The van der Waals surface area contributed by atoms with E-state index < -0.39 is 5.60 Å². The molecule has 2 unspecified atom stereocenters. The highest BCUT2D eigenvalue weighted by Gasteiger charge is 2.37. The van der Waals surface area contributed by atoms with Gasteiger partial charge in [-0.3, -0.25) is 5.41 Å². The van der Waals surface area contributed by atoms with Crippen LogP contribution in [0.1, 0.15) is 37.3 Å². The fourth-order valence-corrected chi connectivity index (χ4v) is 2.03. The maximum atomic E-state index is 9.00. The van der Waals surface area contributed by atoms with Gasteiger partial charge in [-0.05, 0) is 31.9 Å². The summed E-state index contributed by atoms with van der Waals surface area (Å²) in [4.78, 5) is 6.80. The molecule has 2 atom stereocenters. The van der Waals surface area contributed by atoms with Crippen molar-refractivity contribution in [3.05, 3.63) is 23.5 Å². The van der Waals surface area contributed by atoms with Gasteiger partial charge < -0.3 is 15.5 Å². The van der Waals surface area contributed by atoms with Gasteiger partial charge in [-0.1, -0.05) is 0 Å². The van der Waals surface area contributed by atoms with E-state index in [0.29, 0.717) is 12.1 Å². The Labute approximate surface area is 105 Å². The molecule has 0 aromatic carbocycles. The van der Waals surface area contributed by atoms with Gasteiger partial charge in [0, 0.05) is 5.69 Å². The molecule has 1 aliphatic heterocycles. The number of ether oxygens (including phenoxy) is 1. The highest BCUT2D eigenvalue weighted by Crippen LogP contribution is 2.38. The van der Waals surface area contributed by atoms with Gasteiger partial charge in [-0.25, -0.2) is 4.99 Å². The predicted octanol–water partition coefficient (Wildman–Crippen LogP) is 1.46. The van der Waals surface area contributed by atoms with Gasteiger partial charge in [0.1, 0.15) is 12.2 Å². The summed E-state index contributed by atoms with van der Waals surface area (Å²) in [6.45, 7) is 1.79. The van der Waals surface area contributed by atoms with E-state index >= 15 is 0 Å². The summed E-state index contributed by atoms with van der Waals surface area (Å²) >= 11 is 0. The summed E-state index contributed by atoms with van der Waals surface area (Å²) in [6.07, 6.45) is 2.29. The second-order valence-corrected chi connectivity index (χ2v) is 4.46. The number of nitrogens with two attached hydrogens (primary N) is 1. The van der Waals surface area contributed by atoms with Crippen molar-refractivity contribution in [3.8, 4) is 6.07 Å². The number of nitriles is 1. The minimum absolute atomic E-state index is 0.115. The van der Waals surface area contributed by atoms with Crippen LogP contribution in [0, 0.1) is 16.7 Å². The van der Waals surface area contributed by atoms with E-state index in [2.05, 4.69) is 16.0 Å². The van der Waals surface area contributed by atoms with E-state index in [1.807, 2.05) is 6.07 Å². The van der Waals surface area contributed by atoms with Gasteiger partial charge in [0.25, 0.3) is 0 Å². The third-order valence-corrected chi connectivity index (χ3v) is 3.06. The molecule has 1 fully saturated rings. The number of aromatic nitrogens is 1. The second-order valence-electron chi connectivity index (χ2n) is 4.46. The van der Waals surface area contributed by atoms with Crippen molar-refractivity contribution in [1.29, 1.82) is 10.7 Å². The third-order valence-electron chi connectivity index (χ3n) is 3.06. The van der Waals surface area contributed by atoms with Gasteiger partial charge in [-0.2, -0.15) is 5.26 Å². The Morgan fingerprint density at radius 3 is 3.17 bits per heavy atom. The number of nitrogens with one attached hydrogen (secondary N) is 2. The van der Waals surface area contributed by atoms with Crippen LogP contribution in [-0.2, 0) is 4.74 Å². The minimum Gasteiger partial charge on any atom is -0.382 e. The monoisotopic (exact) mass is 245 g/mol. The van der Waals surface area contributed by atoms with Crippen molar-refractivity contribution in [1.82, 2.24) is 4.98 Å². The topological polar surface area (TPSA) is 111 Å². The molecule has 1 saturated heterocycles. The van der Waals surface area contributed by atoms with Gasteiger partial charge in [0.05, 0.1) is 17.9 Å². The summed E-state index contributed by atoms with van der Waals surface area (Å²) < 4.78 is 5.72. The Hall–Kier alpha value is -2.13. The molecule has 0 amide bonds. The SMILES string of the molecule is CC1(C#N)CCC(c2ccc(C(N)=NC=N)[nH]2)O1. The number of amidine groups is 1. The molecule has 2 rings (SSSR count). The minimum atomic E-state index is -0.704. The molecule has 94 valence electrons. The van der Waals surface area contributed by atoms with Crippen molar-refractivity contribution in [3.63, 3.8) is 0 Å². The number of H-pyrrole nitrogens is 1. The summed E-state index contributed by atoms with van der Waals surface area (Å²) in [5.41, 5.74) is 6.50. The molecule has 6 nitrogen and oxygen atoms in total. The molecule has 0 aliphatic carbocycles. The van der Waals surface area contributed by atoms with E-state index in [1.54, 1.807) is 13.0 Å². The lowest BCUT2D eigenvalue weighted by Crippen LogP contribution is -2.20. The van der Waals surface area contributed by atoms with E-state index in [-0.39, 0.29) is 11.9 Å². The van der Waals surface area contributed by atoms with Gasteiger partial charge in [-0.15, -0.1) is 0 Å². The van der Waals surface area contributed by atoms with Crippen LogP contribution in [-0.4, -0.2) is 22.8 Å². The Morgan fingerprint density at radius 1 is 1.78 bits per heavy atom. The first kappa shape index (κ1) is 12.3. The van der Waals surface area contributed by atoms with Crippen molar-refractivity contribution in [2.45, 2.75) is 31.5 Å². The molecular weight excluding hydrogens is 230 g/mol. The van der Waals surface area contributed by atoms with Crippen LogP contribution >= 0.6 is 0 Å². The van der Waals surface area contributed by atoms with Crippen molar-refractivity contribution < 1.29 is 4.74 Å². The van der Waals surface area contributed by atoms with Crippen LogP contribution < -0.4 is 5.73 Å². The molecule has 1 aromatic rings. The van der Waals surface area contributed by atoms with Crippen LogP contribution in [0.4, 0.5) is 0 Å². The van der Waals surface area contributed by atoms with E-state index in [0.717, 1.165) is 18.5 Å². The standard InChI is InChI=1S/C12H15N5O/c1-12(6-13)5-4-10(18-12)8-2-3-9(17-8)11(15)16-7-14/h2-3,7,10,17H,4-5H2,1H3,(H3,14,15,16). The second kappa shape index (κ2) is 4.63. The summed E-state index contributed by atoms with van der Waals surface area (Å²) in [5, 5.41) is 15.9. The molecule has 2 heterocycles. The number of aliphatic imine (C=N–C) groups is 1. The number of aromatic amines is 1. The largest absolute Gasteiger partial charge is 0.382 e. The third kappa shape index (κ3) is 2.26. The highest BCUT2D eigenvalue weighted by molar-refractivity contribution is 5.99. The number of rotatable bonds is 3. The molecule has 0 saturated carbocycles. The average molecular weight is 245 g/mol. The molecule has 0 spiro atoms. The first-order valence-corrected chi connectivity index (χ1v) is 5.68. The normalized spacial score (nSPS) is 28.0. The lowest BCUT2D eigenvalue weighted by Gasteiger charge is -2.15. The van der Waals surface area contributed by atoms with Crippen molar-refractivity contribution in [2.75, 3.05) is 0 Å². The number of nitrogens with zero attached hydrogens (tertiary/aromatic N) is 2. The average Bonchev–Trinajstić information content (AvgIpc) is 2.96. The molecular formula is C12H15N5O. The summed E-state index contributed by atoms with van der Waals surface area (Å²) in [7, 11) is 0. The van der Waals surface area contributed by atoms with Gasteiger partial charge >= 0.3 is 0 Å². The lowest BCUT2D eigenvalue weighted by atomic mass is 10.0. The predicted molar refractivity (Wildman–Crippen MR) is 67.4 cm³/mol. The molecule has 18 heavy (non-hydrogen) atoms.